The Hall–Kier alpha value is -0.860. The molecule has 0 radical (unpaired) electrons. The highest BCUT2D eigenvalue weighted by Gasteiger charge is 2.23. The highest BCUT2D eigenvalue weighted by atomic mass is 15.2. The molecule has 1 aromatic carbocycles. The Morgan fingerprint density at radius 2 is 1.86 bits per heavy atom. The molecular formula is C19H32N2. The fourth-order valence-corrected chi connectivity index (χ4v) is 3.30. The van der Waals surface area contributed by atoms with Gasteiger partial charge in [0.25, 0.3) is 0 Å². The van der Waals surface area contributed by atoms with Gasteiger partial charge in [0.15, 0.2) is 0 Å². The molecule has 2 heteroatoms. The molecule has 1 aliphatic heterocycles. The van der Waals surface area contributed by atoms with E-state index in [4.69, 9.17) is 0 Å². The summed E-state index contributed by atoms with van der Waals surface area (Å²) in [6.45, 7) is 11.6. The van der Waals surface area contributed by atoms with Crippen LogP contribution in [0, 0.1) is 5.92 Å². The van der Waals surface area contributed by atoms with Crippen LogP contribution in [0.15, 0.2) is 24.3 Å². The summed E-state index contributed by atoms with van der Waals surface area (Å²) < 4.78 is 0. The van der Waals surface area contributed by atoms with E-state index in [0.717, 1.165) is 38.0 Å². The molecule has 2 unspecified atom stereocenters. The number of benzene rings is 1. The molecule has 2 nitrogen and oxygen atoms in total. The molecule has 1 saturated heterocycles. The fourth-order valence-electron chi connectivity index (χ4n) is 3.30. The van der Waals surface area contributed by atoms with Crippen LogP contribution in [0.2, 0.25) is 0 Å². The Labute approximate surface area is 130 Å². The van der Waals surface area contributed by atoms with Crippen LogP contribution in [0.1, 0.15) is 51.2 Å². The van der Waals surface area contributed by atoms with Gasteiger partial charge in [0.1, 0.15) is 0 Å². The lowest BCUT2D eigenvalue weighted by Crippen LogP contribution is -2.40. The first-order chi connectivity index (χ1) is 10.2. The van der Waals surface area contributed by atoms with Crippen LogP contribution in [0.3, 0.4) is 0 Å². The van der Waals surface area contributed by atoms with Gasteiger partial charge in [0.05, 0.1) is 0 Å². The van der Waals surface area contributed by atoms with Gasteiger partial charge < -0.3 is 5.32 Å². The number of likely N-dealkylation sites (tertiary alicyclic amines) is 1. The van der Waals surface area contributed by atoms with Crippen molar-refractivity contribution in [3.8, 4) is 0 Å². The van der Waals surface area contributed by atoms with Crippen LogP contribution in [0.25, 0.3) is 0 Å². The number of hydrogen-bond acceptors (Lipinski definition) is 2. The summed E-state index contributed by atoms with van der Waals surface area (Å²) in [6, 6.07) is 9.73. The lowest BCUT2D eigenvalue weighted by molar-refractivity contribution is 0.117. The van der Waals surface area contributed by atoms with Gasteiger partial charge >= 0.3 is 0 Å². The van der Waals surface area contributed by atoms with E-state index in [1.807, 2.05) is 0 Å². The molecule has 1 aliphatic rings. The van der Waals surface area contributed by atoms with Gasteiger partial charge in [-0.05, 0) is 62.7 Å². The minimum atomic E-state index is 0.729. The third kappa shape index (κ3) is 5.12. The summed E-state index contributed by atoms with van der Waals surface area (Å²) >= 11 is 0. The van der Waals surface area contributed by atoms with Crippen molar-refractivity contribution >= 4 is 0 Å². The quantitative estimate of drug-likeness (QED) is 0.767. The van der Waals surface area contributed by atoms with E-state index in [-0.39, 0.29) is 0 Å². The predicted molar refractivity (Wildman–Crippen MR) is 91.6 cm³/mol. The predicted octanol–water partition coefficient (Wildman–Crippen LogP) is 3.85. The Morgan fingerprint density at radius 1 is 1.10 bits per heavy atom. The van der Waals surface area contributed by atoms with Crippen molar-refractivity contribution in [1.29, 1.82) is 0 Å². The highest BCUT2D eigenvalue weighted by Crippen LogP contribution is 2.24. The van der Waals surface area contributed by atoms with Crippen molar-refractivity contribution in [2.45, 2.75) is 59.0 Å². The average molecular weight is 288 g/mol. The molecule has 1 N–H and O–H groups in total. The number of piperidine rings is 1. The molecule has 21 heavy (non-hydrogen) atoms. The number of rotatable bonds is 7. The monoisotopic (exact) mass is 288 g/mol. The summed E-state index contributed by atoms with van der Waals surface area (Å²) in [5.74, 6) is 0.847. The molecule has 118 valence electrons. The van der Waals surface area contributed by atoms with Crippen molar-refractivity contribution < 1.29 is 0 Å². The molecule has 0 bridgehead atoms. The third-order valence-corrected chi connectivity index (χ3v) is 4.74. The van der Waals surface area contributed by atoms with E-state index >= 15 is 0 Å². The van der Waals surface area contributed by atoms with Gasteiger partial charge in [0.2, 0.25) is 0 Å². The molecule has 0 aliphatic carbocycles. The summed E-state index contributed by atoms with van der Waals surface area (Å²) in [7, 11) is 0. The van der Waals surface area contributed by atoms with Crippen LogP contribution in [-0.2, 0) is 13.0 Å². The van der Waals surface area contributed by atoms with Crippen LogP contribution in [0.4, 0.5) is 0 Å². The van der Waals surface area contributed by atoms with Crippen molar-refractivity contribution in [1.82, 2.24) is 10.2 Å². The maximum Gasteiger partial charge on any atom is 0.0239 e. The number of nitrogens with one attached hydrogen (secondary N) is 1. The van der Waals surface area contributed by atoms with Crippen LogP contribution >= 0.6 is 0 Å². The topological polar surface area (TPSA) is 15.3 Å². The SMILES string of the molecule is CCCNCCc1ccccc1CN1CC(C)CCC1C. The zero-order chi connectivity index (χ0) is 15.1. The Balaban J connectivity index is 1.95. The summed E-state index contributed by atoms with van der Waals surface area (Å²) in [5.41, 5.74) is 3.04. The normalized spacial score (nSPS) is 23.4. The molecular weight excluding hydrogens is 256 g/mol. The summed E-state index contributed by atoms with van der Waals surface area (Å²) in [4.78, 5) is 2.67. The van der Waals surface area contributed by atoms with E-state index in [2.05, 4.69) is 55.3 Å². The standard InChI is InChI=1S/C19H32N2/c1-4-12-20-13-11-18-7-5-6-8-19(18)15-21-14-16(2)9-10-17(21)3/h5-8,16-17,20H,4,9-15H2,1-3H3. The van der Waals surface area contributed by atoms with Gasteiger partial charge in [0, 0.05) is 19.1 Å². The minimum absolute atomic E-state index is 0.729. The maximum absolute atomic E-state index is 3.52. The molecule has 1 aromatic rings. The smallest absolute Gasteiger partial charge is 0.0239 e. The minimum Gasteiger partial charge on any atom is -0.316 e. The van der Waals surface area contributed by atoms with Gasteiger partial charge in [-0.3, -0.25) is 4.90 Å². The maximum atomic E-state index is 3.52. The van der Waals surface area contributed by atoms with Gasteiger partial charge in [-0.15, -0.1) is 0 Å². The van der Waals surface area contributed by atoms with E-state index in [9.17, 15) is 0 Å². The second-order valence-electron chi connectivity index (χ2n) is 6.73. The lowest BCUT2D eigenvalue weighted by Gasteiger charge is -2.37. The molecule has 1 fully saturated rings. The first-order valence-electron chi connectivity index (χ1n) is 8.72. The summed E-state index contributed by atoms with van der Waals surface area (Å²) in [6.07, 6.45) is 5.10. The molecule has 1 heterocycles. The van der Waals surface area contributed by atoms with Crippen LogP contribution in [-0.4, -0.2) is 30.6 Å². The molecule has 0 spiro atoms. The number of nitrogens with zero attached hydrogens (tertiary/aromatic N) is 1. The van der Waals surface area contributed by atoms with Crippen molar-refractivity contribution in [2.75, 3.05) is 19.6 Å². The van der Waals surface area contributed by atoms with Crippen LogP contribution in [0.5, 0.6) is 0 Å². The largest absolute Gasteiger partial charge is 0.316 e. The molecule has 2 rings (SSSR count). The second kappa shape index (κ2) is 8.55. The fraction of sp³-hybridized carbons (Fsp3) is 0.684. The Morgan fingerprint density at radius 3 is 2.62 bits per heavy atom. The first-order valence-corrected chi connectivity index (χ1v) is 8.72. The van der Waals surface area contributed by atoms with Crippen molar-refractivity contribution in [3.63, 3.8) is 0 Å². The van der Waals surface area contributed by atoms with Crippen molar-refractivity contribution in [3.05, 3.63) is 35.4 Å². The third-order valence-electron chi connectivity index (χ3n) is 4.74. The van der Waals surface area contributed by atoms with E-state index in [0.29, 0.717) is 0 Å². The Kier molecular flexibility index (Phi) is 6.72. The highest BCUT2D eigenvalue weighted by molar-refractivity contribution is 5.27. The number of hydrogen-bond donors (Lipinski definition) is 1. The van der Waals surface area contributed by atoms with E-state index in [1.165, 1.54) is 36.9 Å². The van der Waals surface area contributed by atoms with Crippen LogP contribution < -0.4 is 5.32 Å². The first kappa shape index (κ1) is 16.5. The summed E-state index contributed by atoms with van der Waals surface area (Å²) in [5, 5.41) is 3.52. The Bertz CT molecular complexity index is 416. The zero-order valence-corrected chi connectivity index (χ0v) is 14.1. The van der Waals surface area contributed by atoms with E-state index in [1.54, 1.807) is 0 Å². The molecule has 2 atom stereocenters. The average Bonchev–Trinajstić information content (AvgIpc) is 2.49. The molecule has 0 amide bonds. The van der Waals surface area contributed by atoms with E-state index < -0.39 is 0 Å². The second-order valence-corrected chi connectivity index (χ2v) is 6.73. The zero-order valence-electron chi connectivity index (χ0n) is 14.1. The molecule has 0 saturated carbocycles. The molecule has 0 aromatic heterocycles. The van der Waals surface area contributed by atoms with Gasteiger partial charge in [-0.25, -0.2) is 0 Å². The lowest BCUT2D eigenvalue weighted by atomic mass is 9.94. The van der Waals surface area contributed by atoms with Gasteiger partial charge in [-0.1, -0.05) is 38.1 Å². The van der Waals surface area contributed by atoms with Gasteiger partial charge in [-0.2, -0.15) is 0 Å². The van der Waals surface area contributed by atoms with Crippen molar-refractivity contribution in [2.24, 2.45) is 5.92 Å².